The van der Waals surface area contributed by atoms with Crippen molar-refractivity contribution in [3.63, 3.8) is 0 Å². The van der Waals surface area contributed by atoms with E-state index in [1.54, 1.807) is 4.68 Å². The maximum Gasteiger partial charge on any atom is 0.0847 e. The van der Waals surface area contributed by atoms with E-state index in [4.69, 9.17) is 22.1 Å². The normalized spacial score (nSPS) is 13.1. The van der Waals surface area contributed by atoms with Crippen LogP contribution in [0.1, 0.15) is 18.3 Å². The second kappa shape index (κ2) is 5.49. The molecule has 5 heteroatoms. The van der Waals surface area contributed by atoms with Gasteiger partial charge >= 0.3 is 0 Å². The highest BCUT2D eigenvalue weighted by Crippen LogP contribution is 2.20. The minimum Gasteiger partial charge on any atom is -0.380 e. The molecule has 1 heterocycles. The highest BCUT2D eigenvalue weighted by Gasteiger charge is 2.14. The summed E-state index contributed by atoms with van der Waals surface area (Å²) in [4.78, 5) is 0. The molecule has 86 valence electrons. The fourth-order valence-corrected chi connectivity index (χ4v) is 1.72. The zero-order valence-electron chi connectivity index (χ0n) is 9.46. The minimum absolute atomic E-state index is 0.0303. The second-order valence-electron chi connectivity index (χ2n) is 3.59. The van der Waals surface area contributed by atoms with E-state index in [-0.39, 0.29) is 6.04 Å². The summed E-state index contributed by atoms with van der Waals surface area (Å²) in [6.45, 7) is 5.08. The van der Waals surface area contributed by atoms with Gasteiger partial charge in [-0.2, -0.15) is 5.10 Å². The summed E-state index contributed by atoms with van der Waals surface area (Å²) in [5.41, 5.74) is 7.73. The Morgan fingerprint density at radius 2 is 2.27 bits per heavy atom. The molecule has 1 rings (SSSR count). The van der Waals surface area contributed by atoms with E-state index >= 15 is 0 Å². The van der Waals surface area contributed by atoms with E-state index in [1.807, 2.05) is 20.9 Å². The molecule has 0 saturated carbocycles. The summed E-state index contributed by atoms with van der Waals surface area (Å²) in [7, 11) is 1.88. The molecule has 0 saturated heterocycles. The predicted octanol–water partition coefficient (Wildman–Crippen LogP) is 1.29. The van der Waals surface area contributed by atoms with Crippen molar-refractivity contribution in [2.75, 3.05) is 13.2 Å². The first-order valence-corrected chi connectivity index (χ1v) is 5.45. The van der Waals surface area contributed by atoms with Gasteiger partial charge in [-0.05, 0) is 13.8 Å². The summed E-state index contributed by atoms with van der Waals surface area (Å²) in [6, 6.07) is -0.0303. The van der Waals surface area contributed by atoms with Crippen molar-refractivity contribution in [2.45, 2.75) is 26.3 Å². The van der Waals surface area contributed by atoms with E-state index in [9.17, 15) is 0 Å². The molecule has 1 aromatic heterocycles. The van der Waals surface area contributed by atoms with Gasteiger partial charge in [0.25, 0.3) is 0 Å². The number of hydrogen-bond donors (Lipinski definition) is 1. The van der Waals surface area contributed by atoms with Crippen LogP contribution in [0, 0.1) is 6.92 Å². The molecule has 0 bridgehead atoms. The van der Waals surface area contributed by atoms with Crippen molar-refractivity contribution in [2.24, 2.45) is 12.8 Å². The topological polar surface area (TPSA) is 53.1 Å². The van der Waals surface area contributed by atoms with Gasteiger partial charge in [-0.15, -0.1) is 0 Å². The summed E-state index contributed by atoms with van der Waals surface area (Å²) < 4.78 is 7.04. The average molecular weight is 232 g/mol. The number of nitrogens with two attached hydrogens (primary N) is 1. The lowest BCUT2D eigenvalue weighted by atomic mass is 10.1. The van der Waals surface area contributed by atoms with Crippen LogP contribution in [-0.4, -0.2) is 29.0 Å². The van der Waals surface area contributed by atoms with Crippen molar-refractivity contribution in [1.29, 1.82) is 0 Å². The molecule has 2 N–H and O–H groups in total. The summed E-state index contributed by atoms with van der Waals surface area (Å²) in [5, 5.41) is 4.94. The van der Waals surface area contributed by atoms with Crippen LogP contribution < -0.4 is 5.73 Å². The zero-order chi connectivity index (χ0) is 11.4. The number of aryl methyl sites for hydroxylation is 2. The van der Waals surface area contributed by atoms with Gasteiger partial charge in [0.05, 0.1) is 23.0 Å². The Morgan fingerprint density at radius 3 is 2.73 bits per heavy atom. The van der Waals surface area contributed by atoms with Crippen LogP contribution >= 0.6 is 11.6 Å². The van der Waals surface area contributed by atoms with Gasteiger partial charge in [0.2, 0.25) is 0 Å². The number of hydrogen-bond acceptors (Lipinski definition) is 3. The first kappa shape index (κ1) is 12.5. The molecular weight excluding hydrogens is 214 g/mol. The molecular formula is C10H18ClN3O. The molecule has 4 nitrogen and oxygen atoms in total. The Balaban J connectivity index is 2.63. The van der Waals surface area contributed by atoms with Crippen LogP contribution in [0.3, 0.4) is 0 Å². The maximum atomic E-state index is 6.11. The van der Waals surface area contributed by atoms with Gasteiger partial charge in [0, 0.05) is 26.1 Å². The molecule has 1 unspecified atom stereocenters. The summed E-state index contributed by atoms with van der Waals surface area (Å²) in [5.74, 6) is 0. The van der Waals surface area contributed by atoms with Gasteiger partial charge in [0.15, 0.2) is 0 Å². The smallest absolute Gasteiger partial charge is 0.0847 e. The summed E-state index contributed by atoms with van der Waals surface area (Å²) in [6.07, 6.45) is 0.691. The van der Waals surface area contributed by atoms with Crippen LogP contribution in [0.4, 0.5) is 0 Å². The fourth-order valence-electron chi connectivity index (χ4n) is 1.48. The van der Waals surface area contributed by atoms with Crippen LogP contribution in [0.25, 0.3) is 0 Å². The number of ether oxygens (including phenoxy) is 1. The third kappa shape index (κ3) is 3.19. The monoisotopic (exact) mass is 231 g/mol. The molecule has 0 radical (unpaired) electrons. The Morgan fingerprint density at radius 1 is 1.60 bits per heavy atom. The van der Waals surface area contributed by atoms with Crippen LogP contribution in [0.5, 0.6) is 0 Å². The van der Waals surface area contributed by atoms with E-state index in [1.165, 1.54) is 0 Å². The van der Waals surface area contributed by atoms with Crippen molar-refractivity contribution < 1.29 is 4.74 Å². The molecule has 0 aliphatic heterocycles. The first-order chi connectivity index (χ1) is 7.06. The van der Waals surface area contributed by atoms with E-state index in [2.05, 4.69) is 5.10 Å². The highest BCUT2D eigenvalue weighted by molar-refractivity contribution is 6.31. The van der Waals surface area contributed by atoms with Gasteiger partial charge in [-0.1, -0.05) is 11.6 Å². The van der Waals surface area contributed by atoms with Crippen LogP contribution in [0.2, 0.25) is 5.02 Å². The van der Waals surface area contributed by atoms with Crippen molar-refractivity contribution in [3.05, 3.63) is 16.4 Å². The van der Waals surface area contributed by atoms with Gasteiger partial charge in [0.1, 0.15) is 0 Å². The standard InChI is InChI=1S/C10H18ClN3O/c1-4-15-6-8(12)5-9-10(11)7(2)13-14(9)3/h8H,4-6,12H2,1-3H3. The third-order valence-electron chi connectivity index (χ3n) is 2.25. The van der Waals surface area contributed by atoms with Gasteiger partial charge in [-0.25, -0.2) is 0 Å². The molecule has 15 heavy (non-hydrogen) atoms. The van der Waals surface area contributed by atoms with E-state index in [0.717, 1.165) is 11.4 Å². The van der Waals surface area contributed by atoms with Crippen molar-refractivity contribution in [1.82, 2.24) is 9.78 Å². The molecule has 1 atom stereocenters. The second-order valence-corrected chi connectivity index (χ2v) is 3.97. The van der Waals surface area contributed by atoms with Gasteiger partial charge < -0.3 is 10.5 Å². The number of nitrogens with zero attached hydrogens (tertiary/aromatic N) is 2. The Bertz CT molecular complexity index is 325. The maximum absolute atomic E-state index is 6.11. The number of rotatable bonds is 5. The quantitative estimate of drug-likeness (QED) is 0.831. The third-order valence-corrected chi connectivity index (χ3v) is 2.74. The molecule has 0 spiro atoms. The molecule has 0 amide bonds. The minimum atomic E-state index is -0.0303. The molecule has 0 aromatic carbocycles. The molecule has 0 fully saturated rings. The molecule has 1 aromatic rings. The Kier molecular flexibility index (Phi) is 4.57. The number of aromatic nitrogens is 2. The van der Waals surface area contributed by atoms with Crippen molar-refractivity contribution >= 4 is 11.6 Å². The predicted molar refractivity (Wildman–Crippen MR) is 61.1 cm³/mol. The lowest BCUT2D eigenvalue weighted by Gasteiger charge is -2.11. The van der Waals surface area contributed by atoms with Gasteiger partial charge in [-0.3, -0.25) is 4.68 Å². The molecule has 0 aliphatic carbocycles. The first-order valence-electron chi connectivity index (χ1n) is 5.07. The molecule has 0 aliphatic rings. The van der Waals surface area contributed by atoms with Crippen molar-refractivity contribution in [3.8, 4) is 0 Å². The highest BCUT2D eigenvalue weighted by atomic mass is 35.5. The van der Waals surface area contributed by atoms with Crippen LogP contribution in [0.15, 0.2) is 0 Å². The Labute approximate surface area is 95.3 Å². The summed E-state index contributed by atoms with van der Waals surface area (Å²) >= 11 is 6.11. The lowest BCUT2D eigenvalue weighted by molar-refractivity contribution is 0.132. The Hall–Kier alpha value is -0.580. The lowest BCUT2D eigenvalue weighted by Crippen LogP contribution is -2.29. The number of halogens is 1. The largest absolute Gasteiger partial charge is 0.380 e. The van der Waals surface area contributed by atoms with E-state index < -0.39 is 0 Å². The van der Waals surface area contributed by atoms with Crippen LogP contribution in [-0.2, 0) is 18.2 Å². The SMILES string of the molecule is CCOCC(N)Cc1c(Cl)c(C)nn1C. The van der Waals surface area contributed by atoms with E-state index in [0.29, 0.717) is 24.7 Å². The average Bonchev–Trinajstić information content (AvgIpc) is 2.42. The fraction of sp³-hybridized carbons (Fsp3) is 0.700. The zero-order valence-corrected chi connectivity index (χ0v) is 10.2.